The van der Waals surface area contributed by atoms with E-state index in [0.29, 0.717) is 36.3 Å². The lowest BCUT2D eigenvalue weighted by atomic mass is 9.86. The van der Waals surface area contributed by atoms with Crippen molar-refractivity contribution in [3.8, 4) is 17.3 Å². The molecule has 1 saturated heterocycles. The van der Waals surface area contributed by atoms with Crippen LogP contribution in [0.1, 0.15) is 48.5 Å². The molecule has 1 fully saturated rings. The van der Waals surface area contributed by atoms with Gasteiger partial charge in [-0.05, 0) is 56.9 Å². The molecule has 11 heteroatoms. The number of anilines is 1. The average Bonchev–Trinajstić information content (AvgIpc) is 3.43. The number of methoxy groups -OCH3 is 1. The largest absolute Gasteiger partial charge is 0.481 e. The van der Waals surface area contributed by atoms with Gasteiger partial charge in [-0.15, -0.1) is 10.2 Å². The van der Waals surface area contributed by atoms with Crippen molar-refractivity contribution in [2.24, 2.45) is 7.05 Å². The van der Waals surface area contributed by atoms with Gasteiger partial charge in [0, 0.05) is 24.7 Å². The topological polar surface area (TPSA) is 124 Å². The van der Waals surface area contributed by atoms with Crippen molar-refractivity contribution in [3.63, 3.8) is 0 Å². The molecule has 5 heterocycles. The summed E-state index contributed by atoms with van der Waals surface area (Å²) in [6.45, 7) is 7.00. The predicted octanol–water partition coefficient (Wildman–Crippen LogP) is 1.82. The fraction of sp³-hybridized carbons (Fsp3) is 0.522. The van der Waals surface area contributed by atoms with Crippen LogP contribution in [-0.4, -0.2) is 71.7 Å². The van der Waals surface area contributed by atoms with E-state index in [4.69, 9.17) is 9.72 Å². The number of likely N-dealkylation sites (tertiary alicyclic amines) is 1. The molecular formula is C23H29N9O2. The number of fused-ring (bicyclic) bond motifs is 1. The number of aromatic nitrogens is 7. The third-order valence-corrected chi connectivity index (χ3v) is 6.82. The number of hydrogen-bond donors (Lipinski definition) is 1. The van der Waals surface area contributed by atoms with E-state index in [0.717, 1.165) is 41.9 Å². The number of tetrazole rings is 1. The van der Waals surface area contributed by atoms with Crippen molar-refractivity contribution in [1.29, 1.82) is 0 Å². The number of carbonyl (C=O) groups is 1. The Bertz CT molecular complexity index is 1260. The van der Waals surface area contributed by atoms with E-state index < -0.39 is 0 Å². The predicted molar refractivity (Wildman–Crippen MR) is 124 cm³/mol. The number of pyridine rings is 1. The quantitative estimate of drug-likeness (QED) is 0.617. The highest BCUT2D eigenvalue weighted by molar-refractivity contribution is 5.83. The van der Waals surface area contributed by atoms with Gasteiger partial charge in [0.2, 0.25) is 17.6 Å². The first kappa shape index (κ1) is 22.2. The van der Waals surface area contributed by atoms with Gasteiger partial charge in [-0.1, -0.05) is 0 Å². The third kappa shape index (κ3) is 3.95. The van der Waals surface area contributed by atoms with Crippen LogP contribution in [0.15, 0.2) is 12.1 Å². The van der Waals surface area contributed by atoms with E-state index in [-0.39, 0.29) is 17.4 Å². The number of amides is 1. The number of aryl methyl sites for hydroxylation is 4. The zero-order valence-corrected chi connectivity index (χ0v) is 20.2. The monoisotopic (exact) mass is 463 g/mol. The van der Waals surface area contributed by atoms with Crippen LogP contribution in [0.3, 0.4) is 0 Å². The van der Waals surface area contributed by atoms with Gasteiger partial charge in [-0.25, -0.2) is 9.97 Å². The summed E-state index contributed by atoms with van der Waals surface area (Å²) >= 11 is 0. The molecule has 2 aliphatic rings. The van der Waals surface area contributed by atoms with Gasteiger partial charge in [0.1, 0.15) is 11.6 Å². The lowest BCUT2D eigenvalue weighted by molar-refractivity contribution is -0.131. The maximum Gasteiger partial charge on any atom is 0.231 e. The molecule has 34 heavy (non-hydrogen) atoms. The molecule has 0 aliphatic carbocycles. The summed E-state index contributed by atoms with van der Waals surface area (Å²) in [6, 6.07) is 3.85. The van der Waals surface area contributed by atoms with Crippen molar-refractivity contribution in [3.05, 3.63) is 34.9 Å². The minimum absolute atomic E-state index is 0.0674. The molecule has 2 aliphatic heterocycles. The molecule has 11 nitrogen and oxygen atoms in total. The van der Waals surface area contributed by atoms with Crippen LogP contribution < -0.4 is 10.1 Å². The van der Waals surface area contributed by atoms with Crippen LogP contribution in [0.4, 0.5) is 5.82 Å². The Balaban J connectivity index is 1.32. The van der Waals surface area contributed by atoms with E-state index in [1.807, 2.05) is 18.7 Å². The van der Waals surface area contributed by atoms with Gasteiger partial charge in [0.05, 0.1) is 37.0 Å². The Hall–Kier alpha value is -3.63. The Morgan fingerprint density at radius 1 is 1.21 bits per heavy atom. The van der Waals surface area contributed by atoms with E-state index in [2.05, 4.69) is 36.8 Å². The number of rotatable bonds is 4. The minimum atomic E-state index is -0.371. The molecule has 0 saturated carbocycles. The molecule has 0 aromatic carbocycles. The highest BCUT2D eigenvalue weighted by atomic mass is 16.5. The third-order valence-electron chi connectivity index (χ3n) is 6.82. The van der Waals surface area contributed by atoms with Crippen LogP contribution in [-0.2, 0) is 18.3 Å². The SMILES string of the molecule is COc1cc([C@@H](C)C(=O)N2CC[C@]3(CCc4cc(-c5nnn(C)n5)c(C)nc4N3)C2)nc(C)n1. The van der Waals surface area contributed by atoms with Crippen molar-refractivity contribution in [2.45, 2.75) is 51.5 Å². The highest BCUT2D eigenvalue weighted by Gasteiger charge is 2.43. The van der Waals surface area contributed by atoms with Crippen molar-refractivity contribution in [2.75, 3.05) is 25.5 Å². The summed E-state index contributed by atoms with van der Waals surface area (Å²) < 4.78 is 5.26. The molecule has 0 radical (unpaired) electrons. The molecule has 2 atom stereocenters. The first-order valence-corrected chi connectivity index (χ1v) is 11.5. The minimum Gasteiger partial charge on any atom is -0.481 e. The average molecular weight is 464 g/mol. The molecule has 1 amide bonds. The van der Waals surface area contributed by atoms with E-state index in [1.54, 1.807) is 27.1 Å². The maximum absolute atomic E-state index is 13.3. The molecule has 0 unspecified atom stereocenters. The lowest BCUT2D eigenvalue weighted by Gasteiger charge is -2.36. The van der Waals surface area contributed by atoms with Gasteiger partial charge >= 0.3 is 0 Å². The van der Waals surface area contributed by atoms with Crippen molar-refractivity contribution < 1.29 is 9.53 Å². The summed E-state index contributed by atoms with van der Waals surface area (Å²) in [5.74, 6) is 2.23. The smallest absolute Gasteiger partial charge is 0.231 e. The van der Waals surface area contributed by atoms with E-state index >= 15 is 0 Å². The van der Waals surface area contributed by atoms with Gasteiger partial charge in [-0.2, -0.15) is 9.78 Å². The fourth-order valence-corrected chi connectivity index (χ4v) is 4.91. The zero-order valence-electron chi connectivity index (χ0n) is 20.2. The van der Waals surface area contributed by atoms with Gasteiger partial charge in [0.25, 0.3) is 0 Å². The standard InChI is InChI=1S/C23H29N9O2/c1-13(18-11-19(34-5)26-15(3)25-18)22(33)32-9-8-23(12-32)7-6-16-10-17(14(2)24-20(16)27-23)21-28-30-31(4)29-21/h10-11,13H,6-9,12H2,1-5H3,(H,24,27)/t13-,23-/m1/s1. The van der Waals surface area contributed by atoms with E-state index in [9.17, 15) is 4.79 Å². The van der Waals surface area contributed by atoms with Gasteiger partial charge in [-0.3, -0.25) is 4.79 Å². The van der Waals surface area contributed by atoms with Crippen LogP contribution in [0.2, 0.25) is 0 Å². The second-order valence-electron chi connectivity index (χ2n) is 9.25. The fourth-order valence-electron chi connectivity index (χ4n) is 4.91. The first-order valence-electron chi connectivity index (χ1n) is 11.5. The molecule has 5 rings (SSSR count). The lowest BCUT2D eigenvalue weighted by Crippen LogP contribution is -2.46. The summed E-state index contributed by atoms with van der Waals surface area (Å²) in [4.78, 5) is 30.3. The van der Waals surface area contributed by atoms with Crippen LogP contribution in [0.25, 0.3) is 11.4 Å². The highest BCUT2D eigenvalue weighted by Crippen LogP contribution is 2.38. The van der Waals surface area contributed by atoms with Crippen molar-refractivity contribution >= 4 is 11.7 Å². The second kappa shape index (κ2) is 8.30. The summed E-state index contributed by atoms with van der Waals surface area (Å²) in [5.41, 5.74) is 3.40. The van der Waals surface area contributed by atoms with E-state index in [1.165, 1.54) is 4.80 Å². The zero-order chi connectivity index (χ0) is 24.0. The van der Waals surface area contributed by atoms with Crippen molar-refractivity contribution in [1.82, 2.24) is 40.1 Å². The second-order valence-corrected chi connectivity index (χ2v) is 9.25. The summed E-state index contributed by atoms with van der Waals surface area (Å²) in [6.07, 6.45) is 2.69. The Labute approximate surface area is 198 Å². The number of hydrogen-bond acceptors (Lipinski definition) is 9. The van der Waals surface area contributed by atoms with Crippen LogP contribution in [0.5, 0.6) is 5.88 Å². The molecule has 1 N–H and O–H groups in total. The number of nitrogens with zero attached hydrogens (tertiary/aromatic N) is 8. The summed E-state index contributed by atoms with van der Waals surface area (Å²) in [7, 11) is 3.32. The van der Waals surface area contributed by atoms with Gasteiger partial charge in [0.15, 0.2) is 0 Å². The first-order chi connectivity index (χ1) is 16.3. The molecule has 3 aromatic rings. The number of nitrogens with one attached hydrogen (secondary N) is 1. The van der Waals surface area contributed by atoms with Crippen LogP contribution in [0, 0.1) is 13.8 Å². The van der Waals surface area contributed by atoms with Gasteiger partial charge < -0.3 is 15.0 Å². The molecule has 3 aromatic heterocycles. The Morgan fingerprint density at radius 3 is 2.76 bits per heavy atom. The normalized spacial score (nSPS) is 20.2. The molecular weight excluding hydrogens is 434 g/mol. The molecule has 178 valence electrons. The molecule has 1 spiro atoms. The number of carbonyl (C=O) groups excluding carboxylic acids is 1. The summed E-state index contributed by atoms with van der Waals surface area (Å²) in [5, 5.41) is 16.1. The maximum atomic E-state index is 13.3. The number of ether oxygens (including phenoxy) is 1. The van der Waals surface area contributed by atoms with Crippen LogP contribution >= 0.6 is 0 Å². The Morgan fingerprint density at radius 2 is 2.03 bits per heavy atom. The Kier molecular flexibility index (Phi) is 5.41. The molecule has 0 bridgehead atoms.